The van der Waals surface area contributed by atoms with Crippen LogP contribution in [-0.4, -0.2) is 49.2 Å². The van der Waals surface area contributed by atoms with E-state index in [4.69, 9.17) is 4.74 Å². The van der Waals surface area contributed by atoms with Crippen molar-refractivity contribution in [2.75, 3.05) is 36.5 Å². The van der Waals surface area contributed by atoms with Crippen LogP contribution in [0.1, 0.15) is 38.2 Å². The molecule has 0 saturated carbocycles. The first-order valence-electron chi connectivity index (χ1n) is 9.16. The zero-order valence-electron chi connectivity index (χ0n) is 15.1. The second-order valence-electron chi connectivity index (χ2n) is 6.79. The molecule has 1 unspecified atom stereocenters. The van der Waals surface area contributed by atoms with Crippen LogP contribution in [0.15, 0.2) is 18.2 Å². The van der Waals surface area contributed by atoms with Gasteiger partial charge in [-0.1, -0.05) is 19.4 Å². The molecule has 3 amide bonds. The van der Waals surface area contributed by atoms with Crippen molar-refractivity contribution in [3.63, 3.8) is 0 Å². The lowest BCUT2D eigenvalue weighted by Crippen LogP contribution is -2.50. The molecule has 1 atom stereocenters. The van der Waals surface area contributed by atoms with Crippen LogP contribution in [-0.2, 0) is 9.53 Å². The molecule has 0 bridgehead atoms. The van der Waals surface area contributed by atoms with Gasteiger partial charge in [0.15, 0.2) is 0 Å². The van der Waals surface area contributed by atoms with Crippen LogP contribution >= 0.6 is 0 Å². The third kappa shape index (κ3) is 3.95. The van der Waals surface area contributed by atoms with Gasteiger partial charge in [-0.15, -0.1) is 0 Å². The van der Waals surface area contributed by atoms with Crippen molar-refractivity contribution in [3.05, 3.63) is 23.8 Å². The van der Waals surface area contributed by atoms with Gasteiger partial charge in [0.1, 0.15) is 0 Å². The molecule has 1 N–H and O–H groups in total. The van der Waals surface area contributed by atoms with E-state index in [1.807, 2.05) is 30.0 Å². The van der Waals surface area contributed by atoms with E-state index in [1.54, 1.807) is 4.90 Å². The van der Waals surface area contributed by atoms with E-state index >= 15 is 0 Å². The Morgan fingerprint density at radius 3 is 2.92 bits per heavy atom. The minimum atomic E-state index is -0.0882. The second kappa shape index (κ2) is 7.87. The molecule has 0 spiro atoms. The smallest absolute Gasteiger partial charge is 0.322 e. The van der Waals surface area contributed by atoms with Gasteiger partial charge in [-0.2, -0.15) is 0 Å². The first-order chi connectivity index (χ1) is 12.1. The summed E-state index contributed by atoms with van der Waals surface area (Å²) in [6.45, 7) is 6.62. The highest BCUT2D eigenvalue weighted by molar-refractivity contribution is 5.97. The Labute approximate surface area is 149 Å². The Morgan fingerprint density at radius 1 is 1.36 bits per heavy atom. The van der Waals surface area contributed by atoms with Gasteiger partial charge < -0.3 is 19.9 Å². The highest BCUT2D eigenvalue weighted by atomic mass is 16.5. The number of benzene rings is 1. The molecule has 2 heterocycles. The molecule has 2 saturated heterocycles. The fourth-order valence-corrected chi connectivity index (χ4v) is 3.52. The zero-order chi connectivity index (χ0) is 17.8. The molecule has 2 fully saturated rings. The molecule has 2 aliphatic heterocycles. The summed E-state index contributed by atoms with van der Waals surface area (Å²) in [7, 11) is 0. The number of morpholine rings is 1. The molecule has 25 heavy (non-hydrogen) atoms. The number of anilines is 2. The lowest BCUT2D eigenvalue weighted by Gasteiger charge is -2.35. The molecular weight excluding hydrogens is 318 g/mol. The third-order valence-corrected chi connectivity index (χ3v) is 4.96. The van der Waals surface area contributed by atoms with Gasteiger partial charge >= 0.3 is 6.03 Å². The van der Waals surface area contributed by atoms with Crippen molar-refractivity contribution < 1.29 is 14.3 Å². The van der Waals surface area contributed by atoms with Crippen LogP contribution in [0.25, 0.3) is 0 Å². The number of carbonyl (C=O) groups excluding carboxylic acids is 2. The number of carbonyl (C=O) groups is 2. The standard InChI is InChI=1S/C19H27N3O3/c1-3-5-16-13-25-11-10-22(16)19(24)20-17-12-15(8-7-14(17)2)21-9-4-6-18(21)23/h7-8,12,16H,3-6,9-11,13H2,1-2H3,(H,20,24). The van der Waals surface area contributed by atoms with Crippen molar-refractivity contribution in [2.24, 2.45) is 0 Å². The Hall–Kier alpha value is -2.08. The van der Waals surface area contributed by atoms with Gasteiger partial charge in [-0.25, -0.2) is 4.79 Å². The van der Waals surface area contributed by atoms with E-state index in [9.17, 15) is 9.59 Å². The Bertz CT molecular complexity index is 645. The summed E-state index contributed by atoms with van der Waals surface area (Å²) in [5, 5.41) is 3.04. The van der Waals surface area contributed by atoms with E-state index in [1.165, 1.54) is 0 Å². The van der Waals surface area contributed by atoms with E-state index in [0.29, 0.717) is 26.2 Å². The van der Waals surface area contributed by atoms with E-state index < -0.39 is 0 Å². The summed E-state index contributed by atoms with van der Waals surface area (Å²) in [6.07, 6.45) is 3.45. The van der Waals surface area contributed by atoms with Gasteiger partial charge in [0.05, 0.1) is 19.3 Å². The van der Waals surface area contributed by atoms with Crippen LogP contribution in [0.4, 0.5) is 16.2 Å². The summed E-state index contributed by atoms with van der Waals surface area (Å²) in [6, 6.07) is 5.85. The first-order valence-corrected chi connectivity index (χ1v) is 9.16. The molecular formula is C19H27N3O3. The topological polar surface area (TPSA) is 61.9 Å². The lowest BCUT2D eigenvalue weighted by atomic mass is 10.1. The van der Waals surface area contributed by atoms with Crippen LogP contribution in [0, 0.1) is 6.92 Å². The molecule has 1 aromatic rings. The van der Waals surface area contributed by atoms with Crippen LogP contribution in [0.2, 0.25) is 0 Å². The average molecular weight is 345 g/mol. The van der Waals surface area contributed by atoms with Gasteiger partial charge in [0, 0.05) is 30.9 Å². The molecule has 6 nitrogen and oxygen atoms in total. The quantitative estimate of drug-likeness (QED) is 0.912. The van der Waals surface area contributed by atoms with Crippen LogP contribution in [0.5, 0.6) is 0 Å². The largest absolute Gasteiger partial charge is 0.377 e. The molecule has 1 aromatic carbocycles. The van der Waals surface area contributed by atoms with Crippen molar-refractivity contribution in [3.8, 4) is 0 Å². The fraction of sp³-hybridized carbons (Fsp3) is 0.579. The number of nitrogens with zero attached hydrogens (tertiary/aromatic N) is 2. The molecule has 0 radical (unpaired) electrons. The van der Waals surface area contributed by atoms with Crippen molar-refractivity contribution in [1.29, 1.82) is 0 Å². The van der Waals surface area contributed by atoms with E-state index in [-0.39, 0.29) is 18.0 Å². The number of hydrogen-bond acceptors (Lipinski definition) is 3. The highest BCUT2D eigenvalue weighted by Gasteiger charge is 2.27. The van der Waals surface area contributed by atoms with E-state index in [2.05, 4.69) is 12.2 Å². The summed E-state index contributed by atoms with van der Waals surface area (Å²) >= 11 is 0. The summed E-state index contributed by atoms with van der Waals surface area (Å²) in [5.41, 5.74) is 2.61. The minimum Gasteiger partial charge on any atom is -0.377 e. The van der Waals surface area contributed by atoms with Crippen molar-refractivity contribution in [2.45, 2.75) is 45.6 Å². The number of nitrogens with one attached hydrogen (secondary N) is 1. The number of amides is 3. The first kappa shape index (κ1) is 17.7. The predicted octanol–water partition coefficient (Wildman–Crippen LogP) is 3.15. The lowest BCUT2D eigenvalue weighted by molar-refractivity contribution is -0.117. The maximum Gasteiger partial charge on any atom is 0.322 e. The van der Waals surface area contributed by atoms with Gasteiger partial charge in [-0.3, -0.25) is 4.79 Å². The predicted molar refractivity (Wildman–Crippen MR) is 98.0 cm³/mol. The Balaban J connectivity index is 1.75. The molecule has 0 aliphatic carbocycles. The zero-order valence-corrected chi connectivity index (χ0v) is 15.1. The highest BCUT2D eigenvalue weighted by Crippen LogP contribution is 2.27. The second-order valence-corrected chi connectivity index (χ2v) is 6.79. The maximum atomic E-state index is 12.8. The molecule has 3 rings (SSSR count). The maximum absolute atomic E-state index is 12.8. The van der Waals surface area contributed by atoms with Gasteiger partial charge in [-0.05, 0) is 37.5 Å². The third-order valence-electron chi connectivity index (χ3n) is 4.96. The summed E-state index contributed by atoms with van der Waals surface area (Å²) in [5.74, 6) is 0.150. The van der Waals surface area contributed by atoms with Crippen molar-refractivity contribution in [1.82, 2.24) is 4.90 Å². The molecule has 0 aromatic heterocycles. The molecule has 136 valence electrons. The number of aryl methyl sites for hydroxylation is 1. The number of urea groups is 1. The Kier molecular flexibility index (Phi) is 5.58. The monoisotopic (exact) mass is 345 g/mol. The molecule has 6 heteroatoms. The Morgan fingerprint density at radius 2 is 2.20 bits per heavy atom. The average Bonchev–Trinajstić information content (AvgIpc) is 3.03. The normalized spacial score (nSPS) is 20.9. The van der Waals surface area contributed by atoms with Crippen LogP contribution in [0.3, 0.4) is 0 Å². The number of ether oxygens (including phenoxy) is 1. The number of rotatable bonds is 4. The van der Waals surface area contributed by atoms with Crippen LogP contribution < -0.4 is 10.2 Å². The summed E-state index contributed by atoms with van der Waals surface area (Å²) < 4.78 is 5.52. The fourth-order valence-electron chi connectivity index (χ4n) is 3.52. The van der Waals surface area contributed by atoms with Crippen molar-refractivity contribution >= 4 is 23.3 Å². The SMILES string of the molecule is CCCC1COCCN1C(=O)Nc1cc(N2CCCC2=O)ccc1C. The van der Waals surface area contributed by atoms with Gasteiger partial charge in [0.2, 0.25) is 5.91 Å². The van der Waals surface area contributed by atoms with Gasteiger partial charge in [0.25, 0.3) is 0 Å². The minimum absolute atomic E-state index is 0.0882. The molecule has 2 aliphatic rings. The van der Waals surface area contributed by atoms with E-state index in [0.717, 1.165) is 42.7 Å². The number of hydrogen-bond donors (Lipinski definition) is 1. The summed E-state index contributed by atoms with van der Waals surface area (Å²) in [4.78, 5) is 28.4.